The smallest absolute Gasteiger partial charge is 0.211 e. The molecule has 1 aliphatic carbocycles. The molecular formula is C15H30N2O2S. The summed E-state index contributed by atoms with van der Waals surface area (Å²) in [7, 11) is -3.13. The molecule has 0 amide bonds. The van der Waals surface area contributed by atoms with E-state index >= 15 is 0 Å². The molecule has 5 heteroatoms. The lowest BCUT2D eigenvalue weighted by Crippen LogP contribution is -2.37. The summed E-state index contributed by atoms with van der Waals surface area (Å²) in [6, 6.07) is 0.383. The predicted molar refractivity (Wildman–Crippen MR) is 83.1 cm³/mol. The minimum absolute atomic E-state index is 0.237. The van der Waals surface area contributed by atoms with Crippen LogP contribution in [0.3, 0.4) is 0 Å². The number of rotatable bonds is 6. The Morgan fingerprint density at radius 1 is 1.15 bits per heavy atom. The second kappa shape index (κ2) is 5.58. The zero-order valence-corrected chi connectivity index (χ0v) is 14.1. The van der Waals surface area contributed by atoms with Crippen LogP contribution in [0.15, 0.2) is 0 Å². The first kappa shape index (κ1) is 16.2. The van der Waals surface area contributed by atoms with Crippen LogP contribution >= 0.6 is 0 Å². The largest absolute Gasteiger partial charge is 0.314 e. The van der Waals surface area contributed by atoms with Gasteiger partial charge in [0.1, 0.15) is 0 Å². The molecule has 0 radical (unpaired) electrons. The molecule has 0 aromatic heterocycles. The van der Waals surface area contributed by atoms with Crippen LogP contribution in [0.25, 0.3) is 0 Å². The van der Waals surface area contributed by atoms with E-state index in [1.807, 2.05) is 0 Å². The Balaban J connectivity index is 1.74. The third-order valence-electron chi connectivity index (χ3n) is 5.97. The maximum Gasteiger partial charge on any atom is 0.211 e. The van der Waals surface area contributed by atoms with E-state index in [-0.39, 0.29) is 16.6 Å². The Labute approximate surface area is 124 Å². The van der Waals surface area contributed by atoms with Crippen molar-refractivity contribution in [2.24, 2.45) is 16.7 Å². The van der Waals surface area contributed by atoms with Crippen LogP contribution < -0.4 is 10.0 Å². The van der Waals surface area contributed by atoms with Crippen molar-refractivity contribution in [3.05, 3.63) is 0 Å². The first-order valence-corrected chi connectivity index (χ1v) is 9.53. The summed E-state index contributed by atoms with van der Waals surface area (Å²) in [4.78, 5) is 0. The van der Waals surface area contributed by atoms with E-state index in [1.54, 1.807) is 0 Å². The number of nitrogens with one attached hydrogen (secondary N) is 2. The lowest BCUT2D eigenvalue weighted by atomic mass is 10.0. The second-order valence-electron chi connectivity index (χ2n) is 7.60. The summed E-state index contributed by atoms with van der Waals surface area (Å²) in [5.41, 5.74) is 0.473. The number of hydrogen-bond acceptors (Lipinski definition) is 3. The van der Waals surface area contributed by atoms with Gasteiger partial charge in [-0.15, -0.1) is 0 Å². The maximum absolute atomic E-state index is 12.1. The van der Waals surface area contributed by atoms with Crippen LogP contribution in [0.4, 0.5) is 0 Å². The normalized spacial score (nSPS) is 29.3. The molecule has 1 saturated carbocycles. The predicted octanol–water partition coefficient (Wildman–Crippen LogP) is 2.12. The van der Waals surface area contributed by atoms with Gasteiger partial charge in [0.2, 0.25) is 10.0 Å². The van der Waals surface area contributed by atoms with Gasteiger partial charge in [0.15, 0.2) is 0 Å². The first-order chi connectivity index (χ1) is 9.17. The minimum Gasteiger partial charge on any atom is -0.314 e. The average Bonchev–Trinajstić information content (AvgIpc) is 2.76. The molecular weight excluding hydrogens is 272 g/mol. The minimum atomic E-state index is -3.13. The maximum atomic E-state index is 12.1. The molecule has 1 unspecified atom stereocenters. The van der Waals surface area contributed by atoms with Gasteiger partial charge in [0, 0.05) is 12.6 Å². The Hall–Kier alpha value is -0.130. The summed E-state index contributed by atoms with van der Waals surface area (Å²) >= 11 is 0. The second-order valence-corrected chi connectivity index (χ2v) is 9.53. The molecule has 118 valence electrons. The zero-order valence-electron chi connectivity index (χ0n) is 13.3. The van der Waals surface area contributed by atoms with Gasteiger partial charge in [-0.1, -0.05) is 34.1 Å². The van der Waals surface area contributed by atoms with Gasteiger partial charge in [-0.2, -0.15) is 0 Å². The number of piperidine rings is 1. The van der Waals surface area contributed by atoms with Crippen LogP contribution in [0, 0.1) is 16.7 Å². The van der Waals surface area contributed by atoms with Crippen molar-refractivity contribution < 1.29 is 8.42 Å². The van der Waals surface area contributed by atoms with Crippen molar-refractivity contribution in [2.45, 2.75) is 59.4 Å². The van der Waals surface area contributed by atoms with Gasteiger partial charge in [-0.05, 0) is 42.6 Å². The monoisotopic (exact) mass is 302 g/mol. The molecule has 0 aromatic carbocycles. The van der Waals surface area contributed by atoms with Crippen molar-refractivity contribution in [1.29, 1.82) is 0 Å². The topological polar surface area (TPSA) is 58.2 Å². The van der Waals surface area contributed by atoms with Gasteiger partial charge in [-0.25, -0.2) is 13.1 Å². The summed E-state index contributed by atoms with van der Waals surface area (Å²) in [6.45, 7) is 10.5. The Kier molecular flexibility index (Phi) is 4.53. The van der Waals surface area contributed by atoms with Crippen molar-refractivity contribution >= 4 is 10.0 Å². The molecule has 1 saturated heterocycles. The van der Waals surface area contributed by atoms with Crippen LogP contribution in [0.2, 0.25) is 0 Å². The lowest BCUT2D eigenvalue weighted by molar-refractivity contribution is 0.392. The molecule has 1 aliphatic heterocycles. The highest BCUT2D eigenvalue weighted by Crippen LogP contribution is 2.67. The quantitative estimate of drug-likeness (QED) is 0.790. The zero-order chi connectivity index (χ0) is 15.0. The molecule has 4 nitrogen and oxygen atoms in total. The van der Waals surface area contributed by atoms with Crippen molar-refractivity contribution in [1.82, 2.24) is 10.0 Å². The number of sulfonamides is 1. The Morgan fingerprint density at radius 3 is 2.30 bits per heavy atom. The summed E-state index contributed by atoms with van der Waals surface area (Å²) in [6.07, 6.45) is 4.27. The van der Waals surface area contributed by atoms with Crippen molar-refractivity contribution in [3.63, 3.8) is 0 Å². The highest BCUT2D eigenvalue weighted by atomic mass is 32.2. The van der Waals surface area contributed by atoms with E-state index in [2.05, 4.69) is 37.7 Å². The van der Waals surface area contributed by atoms with Crippen LogP contribution in [0.1, 0.15) is 53.4 Å². The third-order valence-corrected chi connectivity index (χ3v) is 7.35. The fourth-order valence-corrected chi connectivity index (χ4v) is 4.75. The molecule has 2 N–H and O–H groups in total. The van der Waals surface area contributed by atoms with Crippen molar-refractivity contribution in [3.8, 4) is 0 Å². The van der Waals surface area contributed by atoms with Crippen LogP contribution in [-0.4, -0.2) is 33.3 Å². The highest BCUT2D eigenvalue weighted by Gasteiger charge is 2.64. The molecule has 2 fully saturated rings. The van der Waals surface area contributed by atoms with Gasteiger partial charge in [-0.3, -0.25) is 0 Å². The van der Waals surface area contributed by atoms with E-state index < -0.39 is 10.0 Å². The van der Waals surface area contributed by atoms with E-state index in [1.165, 1.54) is 12.8 Å². The lowest BCUT2D eigenvalue weighted by Gasteiger charge is -2.23. The molecule has 2 rings (SSSR count). The SMILES string of the molecule is CC1(C)C(CNS(=O)(=O)CCC2CCCCN2)C1(C)C. The number of hydrogen-bond donors (Lipinski definition) is 2. The molecule has 1 atom stereocenters. The van der Waals surface area contributed by atoms with E-state index in [0.717, 1.165) is 19.4 Å². The summed E-state index contributed by atoms with van der Waals surface area (Å²) in [5.74, 6) is 0.690. The van der Waals surface area contributed by atoms with Crippen molar-refractivity contribution in [2.75, 3.05) is 18.8 Å². The standard InChI is InChI=1S/C15H30N2O2S/c1-14(2)13(15(14,3)4)11-17-20(18,19)10-8-12-7-5-6-9-16-12/h12-13,16-17H,5-11H2,1-4H3. The Bertz CT molecular complexity index is 423. The van der Waals surface area contributed by atoms with E-state index in [0.29, 0.717) is 18.5 Å². The third kappa shape index (κ3) is 3.37. The van der Waals surface area contributed by atoms with Gasteiger partial charge in [0.25, 0.3) is 0 Å². The van der Waals surface area contributed by atoms with Gasteiger partial charge in [0.05, 0.1) is 5.75 Å². The fraction of sp³-hybridized carbons (Fsp3) is 1.00. The van der Waals surface area contributed by atoms with Gasteiger partial charge >= 0.3 is 0 Å². The average molecular weight is 302 g/mol. The summed E-state index contributed by atoms with van der Waals surface area (Å²) in [5, 5.41) is 3.40. The molecule has 2 aliphatic rings. The van der Waals surface area contributed by atoms with E-state index in [9.17, 15) is 8.42 Å². The fourth-order valence-electron chi connectivity index (χ4n) is 3.59. The highest BCUT2D eigenvalue weighted by molar-refractivity contribution is 7.89. The molecule has 0 spiro atoms. The molecule has 20 heavy (non-hydrogen) atoms. The molecule has 0 bridgehead atoms. The first-order valence-electron chi connectivity index (χ1n) is 7.87. The summed E-state index contributed by atoms with van der Waals surface area (Å²) < 4.78 is 27.0. The Morgan fingerprint density at radius 2 is 1.80 bits per heavy atom. The van der Waals surface area contributed by atoms with Gasteiger partial charge < -0.3 is 5.32 Å². The molecule has 0 aromatic rings. The van der Waals surface area contributed by atoms with Crippen LogP contribution in [0.5, 0.6) is 0 Å². The van der Waals surface area contributed by atoms with Crippen LogP contribution in [-0.2, 0) is 10.0 Å². The molecule has 1 heterocycles. The van der Waals surface area contributed by atoms with E-state index in [4.69, 9.17) is 0 Å².